The molecule has 0 saturated carbocycles. The summed E-state index contributed by atoms with van der Waals surface area (Å²) < 4.78 is 0. The summed E-state index contributed by atoms with van der Waals surface area (Å²) in [6.07, 6.45) is 0.393. The molecule has 3 N–H and O–H groups in total. The lowest BCUT2D eigenvalue weighted by molar-refractivity contribution is -0.139. The van der Waals surface area contributed by atoms with Gasteiger partial charge in [0.1, 0.15) is 6.04 Å². The maximum atomic E-state index is 11.7. The standard InChI is InChI=1S/C14H19ClN2O3/c1-9(2)7-12(13(18)19)17-14(20)16-8-10-3-5-11(15)6-4-10/h3-6,9,12H,7-8H2,1-2H3,(H,18,19)(H2,16,17,20)/t12-/m0/s1. The second-order valence-corrected chi connectivity index (χ2v) is 5.41. The number of hydrogen-bond donors (Lipinski definition) is 3. The molecule has 0 aliphatic carbocycles. The van der Waals surface area contributed by atoms with Gasteiger partial charge in [0, 0.05) is 11.6 Å². The van der Waals surface area contributed by atoms with Gasteiger partial charge in [-0.1, -0.05) is 37.6 Å². The largest absolute Gasteiger partial charge is 0.480 e. The van der Waals surface area contributed by atoms with Crippen LogP contribution in [0.1, 0.15) is 25.8 Å². The lowest BCUT2D eigenvalue weighted by Gasteiger charge is -2.16. The maximum absolute atomic E-state index is 11.7. The van der Waals surface area contributed by atoms with E-state index < -0.39 is 18.0 Å². The number of nitrogens with one attached hydrogen (secondary N) is 2. The zero-order valence-corrected chi connectivity index (χ0v) is 12.3. The molecular weight excluding hydrogens is 280 g/mol. The van der Waals surface area contributed by atoms with Gasteiger partial charge in [0.15, 0.2) is 0 Å². The fourth-order valence-electron chi connectivity index (χ4n) is 1.69. The summed E-state index contributed by atoms with van der Waals surface area (Å²) in [5, 5.41) is 14.7. The van der Waals surface area contributed by atoms with Crippen molar-refractivity contribution >= 4 is 23.6 Å². The molecule has 1 aromatic rings. The van der Waals surface area contributed by atoms with Crippen LogP contribution in [0.2, 0.25) is 5.02 Å². The molecule has 0 aliphatic heterocycles. The summed E-state index contributed by atoms with van der Waals surface area (Å²) in [7, 11) is 0. The van der Waals surface area contributed by atoms with Crippen molar-refractivity contribution in [3.05, 3.63) is 34.9 Å². The number of benzene rings is 1. The summed E-state index contributed by atoms with van der Waals surface area (Å²) >= 11 is 5.76. The van der Waals surface area contributed by atoms with E-state index in [4.69, 9.17) is 16.7 Å². The number of carboxylic acid groups (broad SMARTS) is 1. The Balaban J connectivity index is 2.45. The van der Waals surface area contributed by atoms with Crippen molar-refractivity contribution in [1.29, 1.82) is 0 Å². The van der Waals surface area contributed by atoms with Gasteiger partial charge in [0.05, 0.1) is 0 Å². The monoisotopic (exact) mass is 298 g/mol. The first-order chi connectivity index (χ1) is 9.38. The molecule has 0 aliphatic rings. The van der Waals surface area contributed by atoms with E-state index in [1.54, 1.807) is 24.3 Å². The topological polar surface area (TPSA) is 78.4 Å². The van der Waals surface area contributed by atoms with Gasteiger partial charge in [-0.05, 0) is 30.0 Å². The van der Waals surface area contributed by atoms with Crippen LogP contribution in [0.15, 0.2) is 24.3 Å². The van der Waals surface area contributed by atoms with Crippen LogP contribution in [-0.2, 0) is 11.3 Å². The molecule has 0 saturated heterocycles. The van der Waals surface area contributed by atoms with E-state index in [0.717, 1.165) is 5.56 Å². The summed E-state index contributed by atoms with van der Waals surface area (Å²) in [6, 6.07) is 5.69. The van der Waals surface area contributed by atoms with Crippen LogP contribution < -0.4 is 10.6 Å². The van der Waals surface area contributed by atoms with E-state index in [1.807, 2.05) is 13.8 Å². The quantitative estimate of drug-likeness (QED) is 0.755. The number of carbonyl (C=O) groups excluding carboxylic acids is 1. The second kappa shape index (κ2) is 7.75. The number of hydrogen-bond acceptors (Lipinski definition) is 2. The fourth-order valence-corrected chi connectivity index (χ4v) is 1.81. The smallest absolute Gasteiger partial charge is 0.326 e. The van der Waals surface area contributed by atoms with Gasteiger partial charge in [-0.25, -0.2) is 9.59 Å². The fraction of sp³-hybridized carbons (Fsp3) is 0.429. The van der Waals surface area contributed by atoms with Crippen LogP contribution in [0.3, 0.4) is 0 Å². The van der Waals surface area contributed by atoms with E-state index in [1.165, 1.54) is 0 Å². The molecule has 5 nitrogen and oxygen atoms in total. The molecule has 2 amide bonds. The third-order valence-corrected chi connectivity index (χ3v) is 2.93. The molecule has 1 rings (SSSR count). The van der Waals surface area contributed by atoms with Crippen molar-refractivity contribution in [3.63, 3.8) is 0 Å². The van der Waals surface area contributed by atoms with E-state index in [-0.39, 0.29) is 5.92 Å². The molecule has 0 fully saturated rings. The van der Waals surface area contributed by atoms with Crippen LogP contribution in [0.25, 0.3) is 0 Å². The number of carboxylic acids is 1. The van der Waals surface area contributed by atoms with Crippen molar-refractivity contribution in [2.45, 2.75) is 32.9 Å². The molecule has 1 atom stereocenters. The SMILES string of the molecule is CC(C)C[C@H](NC(=O)NCc1ccc(Cl)cc1)C(=O)O. The molecule has 1 aromatic carbocycles. The van der Waals surface area contributed by atoms with Gasteiger partial charge in [-0.2, -0.15) is 0 Å². The molecule has 0 aromatic heterocycles. The van der Waals surface area contributed by atoms with Crippen molar-refractivity contribution < 1.29 is 14.7 Å². The maximum Gasteiger partial charge on any atom is 0.326 e. The number of halogens is 1. The highest BCUT2D eigenvalue weighted by molar-refractivity contribution is 6.30. The first kappa shape index (κ1) is 16.3. The summed E-state index contributed by atoms with van der Waals surface area (Å²) in [6.45, 7) is 4.13. The minimum Gasteiger partial charge on any atom is -0.480 e. The molecule has 6 heteroatoms. The predicted molar refractivity (Wildman–Crippen MR) is 77.7 cm³/mol. The zero-order chi connectivity index (χ0) is 15.1. The second-order valence-electron chi connectivity index (χ2n) is 4.97. The Morgan fingerprint density at radius 3 is 2.35 bits per heavy atom. The summed E-state index contributed by atoms with van der Waals surface area (Å²) in [4.78, 5) is 22.7. The van der Waals surface area contributed by atoms with Crippen molar-refractivity contribution in [2.75, 3.05) is 0 Å². The normalized spacial score (nSPS) is 12.0. The minimum atomic E-state index is -1.03. The molecular formula is C14H19ClN2O3. The lowest BCUT2D eigenvalue weighted by atomic mass is 10.0. The third-order valence-electron chi connectivity index (χ3n) is 2.68. The van der Waals surface area contributed by atoms with Gasteiger partial charge in [-0.3, -0.25) is 0 Å². The Morgan fingerprint density at radius 2 is 1.85 bits per heavy atom. The Morgan fingerprint density at radius 1 is 1.25 bits per heavy atom. The van der Waals surface area contributed by atoms with Crippen LogP contribution in [-0.4, -0.2) is 23.1 Å². The number of aliphatic carboxylic acids is 1. The van der Waals surface area contributed by atoms with E-state index in [0.29, 0.717) is 18.0 Å². The third kappa shape index (κ3) is 5.93. The first-order valence-corrected chi connectivity index (χ1v) is 6.78. The average molecular weight is 299 g/mol. The molecule has 0 radical (unpaired) electrons. The van der Waals surface area contributed by atoms with Gasteiger partial charge < -0.3 is 15.7 Å². The Hall–Kier alpha value is -1.75. The number of amides is 2. The molecule has 0 bridgehead atoms. The molecule has 0 heterocycles. The van der Waals surface area contributed by atoms with Crippen LogP contribution in [0.4, 0.5) is 4.79 Å². The van der Waals surface area contributed by atoms with Crippen molar-refractivity contribution in [3.8, 4) is 0 Å². The van der Waals surface area contributed by atoms with Gasteiger partial charge in [0.2, 0.25) is 0 Å². The van der Waals surface area contributed by atoms with Crippen LogP contribution in [0.5, 0.6) is 0 Å². The Kier molecular flexibility index (Phi) is 6.31. The summed E-state index contributed by atoms with van der Waals surface area (Å²) in [5.41, 5.74) is 0.889. The first-order valence-electron chi connectivity index (χ1n) is 6.40. The highest BCUT2D eigenvalue weighted by atomic mass is 35.5. The molecule has 20 heavy (non-hydrogen) atoms. The van der Waals surface area contributed by atoms with Crippen LogP contribution in [0, 0.1) is 5.92 Å². The number of carbonyl (C=O) groups is 2. The van der Waals surface area contributed by atoms with E-state index in [9.17, 15) is 9.59 Å². The van der Waals surface area contributed by atoms with Gasteiger partial charge >= 0.3 is 12.0 Å². The van der Waals surface area contributed by atoms with Gasteiger partial charge in [-0.15, -0.1) is 0 Å². The molecule has 0 spiro atoms. The Bertz CT molecular complexity index is 460. The lowest BCUT2D eigenvalue weighted by Crippen LogP contribution is -2.46. The van der Waals surface area contributed by atoms with Crippen molar-refractivity contribution in [2.24, 2.45) is 5.92 Å². The van der Waals surface area contributed by atoms with Crippen molar-refractivity contribution in [1.82, 2.24) is 10.6 Å². The average Bonchev–Trinajstić information content (AvgIpc) is 2.36. The number of rotatable bonds is 6. The molecule has 110 valence electrons. The van der Waals surface area contributed by atoms with Gasteiger partial charge in [0.25, 0.3) is 0 Å². The summed E-state index contributed by atoms with van der Waals surface area (Å²) in [5.74, 6) is -0.840. The minimum absolute atomic E-state index is 0.188. The van der Waals surface area contributed by atoms with E-state index >= 15 is 0 Å². The Labute approximate surface area is 123 Å². The molecule has 0 unspecified atom stereocenters. The zero-order valence-electron chi connectivity index (χ0n) is 11.5. The highest BCUT2D eigenvalue weighted by Crippen LogP contribution is 2.09. The van der Waals surface area contributed by atoms with Crippen LogP contribution >= 0.6 is 11.6 Å². The van der Waals surface area contributed by atoms with E-state index in [2.05, 4.69) is 10.6 Å². The highest BCUT2D eigenvalue weighted by Gasteiger charge is 2.20. The number of urea groups is 1. The predicted octanol–water partition coefficient (Wildman–Crippen LogP) is 2.64.